The van der Waals surface area contributed by atoms with Crippen LogP contribution < -0.4 is 10.2 Å². The third-order valence-corrected chi connectivity index (χ3v) is 3.73. The molecule has 0 saturated carbocycles. The van der Waals surface area contributed by atoms with Crippen molar-refractivity contribution in [1.82, 2.24) is 15.0 Å². The van der Waals surface area contributed by atoms with E-state index >= 15 is 0 Å². The monoisotopic (exact) mass is 269 g/mol. The zero-order chi connectivity index (χ0) is 13.1. The van der Waals surface area contributed by atoms with Gasteiger partial charge >= 0.3 is 0 Å². The molecule has 2 heterocycles. The quantitative estimate of drug-likeness (QED) is 0.914. The molecule has 1 aromatic rings. The smallest absolute Gasteiger partial charge is 0.231 e. The Labute approximate surface area is 113 Å². The lowest BCUT2D eigenvalue weighted by molar-refractivity contribution is 0.359. The van der Waals surface area contributed by atoms with Gasteiger partial charge in [-0.2, -0.15) is 15.0 Å². The molecule has 5 nitrogen and oxygen atoms in total. The largest absolute Gasteiger partial charge is 0.354 e. The SMILES string of the molecule is CCNc1nc(Cl)nc(N2CCCC(C)C2C)n1. The lowest BCUT2D eigenvalue weighted by atomic mass is 9.92. The minimum atomic E-state index is 0.251. The molecule has 1 aliphatic heterocycles. The molecule has 1 aromatic heterocycles. The standard InChI is InChI=1S/C12H20ClN5/c1-4-14-11-15-10(13)16-12(17-11)18-7-5-6-8(2)9(18)3/h8-9H,4-7H2,1-3H3,(H,14,15,16,17). The van der Waals surface area contributed by atoms with Crippen molar-refractivity contribution in [2.45, 2.75) is 39.7 Å². The zero-order valence-corrected chi connectivity index (χ0v) is 11.9. The van der Waals surface area contributed by atoms with E-state index in [0.717, 1.165) is 13.1 Å². The normalized spacial score (nSPS) is 24.1. The molecule has 0 bridgehead atoms. The van der Waals surface area contributed by atoms with E-state index in [1.807, 2.05) is 6.92 Å². The molecule has 6 heteroatoms. The Kier molecular flexibility index (Phi) is 4.22. The molecular weight excluding hydrogens is 250 g/mol. The number of hydrogen-bond acceptors (Lipinski definition) is 5. The summed E-state index contributed by atoms with van der Waals surface area (Å²) in [6, 6.07) is 0.437. The van der Waals surface area contributed by atoms with E-state index in [1.165, 1.54) is 12.8 Å². The summed E-state index contributed by atoms with van der Waals surface area (Å²) < 4.78 is 0. The van der Waals surface area contributed by atoms with Gasteiger partial charge in [-0.25, -0.2) is 0 Å². The Balaban J connectivity index is 2.26. The topological polar surface area (TPSA) is 53.9 Å². The van der Waals surface area contributed by atoms with Gasteiger partial charge in [0, 0.05) is 19.1 Å². The predicted molar refractivity (Wildman–Crippen MR) is 74.2 cm³/mol. The molecule has 1 saturated heterocycles. The molecule has 0 radical (unpaired) electrons. The van der Waals surface area contributed by atoms with Crippen molar-refractivity contribution in [2.24, 2.45) is 5.92 Å². The highest BCUT2D eigenvalue weighted by atomic mass is 35.5. The van der Waals surface area contributed by atoms with Crippen LogP contribution in [-0.4, -0.2) is 34.1 Å². The molecule has 1 aliphatic rings. The van der Waals surface area contributed by atoms with E-state index in [1.54, 1.807) is 0 Å². The van der Waals surface area contributed by atoms with Crippen molar-refractivity contribution in [2.75, 3.05) is 23.3 Å². The average molecular weight is 270 g/mol. The van der Waals surface area contributed by atoms with Gasteiger partial charge in [0.05, 0.1) is 0 Å². The van der Waals surface area contributed by atoms with Crippen LogP contribution in [0.1, 0.15) is 33.6 Å². The van der Waals surface area contributed by atoms with Gasteiger partial charge in [0.1, 0.15) is 0 Å². The van der Waals surface area contributed by atoms with E-state index in [2.05, 4.69) is 39.0 Å². The maximum atomic E-state index is 5.96. The summed E-state index contributed by atoms with van der Waals surface area (Å²) in [5, 5.41) is 3.33. The van der Waals surface area contributed by atoms with Gasteiger partial charge in [-0.05, 0) is 44.2 Å². The highest BCUT2D eigenvalue weighted by Gasteiger charge is 2.27. The summed E-state index contributed by atoms with van der Waals surface area (Å²) >= 11 is 5.96. The molecule has 18 heavy (non-hydrogen) atoms. The van der Waals surface area contributed by atoms with Gasteiger partial charge in [-0.1, -0.05) is 6.92 Å². The number of anilines is 2. The molecular formula is C12H20ClN5. The fourth-order valence-corrected chi connectivity index (χ4v) is 2.48. The predicted octanol–water partition coefficient (Wildman–Crippen LogP) is 2.58. The van der Waals surface area contributed by atoms with Gasteiger partial charge < -0.3 is 10.2 Å². The molecule has 2 unspecified atom stereocenters. The lowest BCUT2D eigenvalue weighted by Gasteiger charge is -2.37. The molecule has 0 aliphatic carbocycles. The van der Waals surface area contributed by atoms with Crippen molar-refractivity contribution >= 4 is 23.5 Å². The Morgan fingerprint density at radius 1 is 1.33 bits per heavy atom. The van der Waals surface area contributed by atoms with Crippen LogP contribution in [-0.2, 0) is 0 Å². The fourth-order valence-electron chi connectivity index (χ4n) is 2.32. The maximum Gasteiger partial charge on any atom is 0.231 e. The first kappa shape index (κ1) is 13.3. The van der Waals surface area contributed by atoms with Crippen molar-refractivity contribution < 1.29 is 0 Å². The van der Waals surface area contributed by atoms with Gasteiger partial charge in [0.15, 0.2) is 0 Å². The Morgan fingerprint density at radius 2 is 2.11 bits per heavy atom. The van der Waals surface area contributed by atoms with Gasteiger partial charge in [0.25, 0.3) is 0 Å². The number of hydrogen-bond donors (Lipinski definition) is 1. The Bertz CT molecular complexity index is 411. The molecule has 1 fully saturated rings. The Hall–Kier alpha value is -1.10. The third kappa shape index (κ3) is 2.83. The molecule has 100 valence electrons. The highest BCUT2D eigenvalue weighted by molar-refractivity contribution is 6.28. The van der Waals surface area contributed by atoms with Crippen molar-refractivity contribution in [3.05, 3.63) is 5.28 Å². The second kappa shape index (κ2) is 5.69. The first-order valence-corrected chi connectivity index (χ1v) is 6.91. The molecule has 2 rings (SSSR count). The van der Waals surface area contributed by atoms with Crippen LogP contribution in [0.4, 0.5) is 11.9 Å². The van der Waals surface area contributed by atoms with E-state index in [-0.39, 0.29) is 5.28 Å². The summed E-state index contributed by atoms with van der Waals surface area (Å²) in [6.07, 6.45) is 2.43. The number of halogens is 1. The van der Waals surface area contributed by atoms with Gasteiger partial charge in [-0.15, -0.1) is 0 Å². The summed E-state index contributed by atoms with van der Waals surface area (Å²) in [7, 11) is 0. The van der Waals surface area contributed by atoms with Crippen LogP contribution in [0.5, 0.6) is 0 Å². The number of nitrogens with one attached hydrogen (secondary N) is 1. The summed E-state index contributed by atoms with van der Waals surface area (Å²) in [5.41, 5.74) is 0. The summed E-state index contributed by atoms with van der Waals surface area (Å²) in [4.78, 5) is 15.0. The van der Waals surface area contributed by atoms with Crippen LogP contribution in [0.25, 0.3) is 0 Å². The number of nitrogens with zero attached hydrogens (tertiary/aromatic N) is 4. The van der Waals surface area contributed by atoms with Crippen LogP contribution in [0.3, 0.4) is 0 Å². The van der Waals surface area contributed by atoms with Gasteiger partial charge in [0.2, 0.25) is 17.2 Å². The minimum absolute atomic E-state index is 0.251. The number of piperidine rings is 1. The zero-order valence-electron chi connectivity index (χ0n) is 11.1. The second-order valence-corrected chi connectivity index (χ2v) is 5.15. The second-order valence-electron chi connectivity index (χ2n) is 4.81. The Morgan fingerprint density at radius 3 is 2.83 bits per heavy atom. The molecule has 0 aromatic carbocycles. The number of rotatable bonds is 3. The van der Waals surface area contributed by atoms with E-state index in [9.17, 15) is 0 Å². The molecule has 2 atom stereocenters. The minimum Gasteiger partial charge on any atom is -0.354 e. The summed E-state index contributed by atoms with van der Waals surface area (Å²) in [5.74, 6) is 1.89. The fraction of sp³-hybridized carbons (Fsp3) is 0.750. The van der Waals surface area contributed by atoms with Crippen molar-refractivity contribution in [3.63, 3.8) is 0 Å². The van der Waals surface area contributed by atoms with Crippen LogP contribution in [0, 0.1) is 5.92 Å². The molecule has 0 amide bonds. The van der Waals surface area contributed by atoms with E-state index in [0.29, 0.717) is 23.9 Å². The van der Waals surface area contributed by atoms with Crippen LogP contribution in [0.2, 0.25) is 5.28 Å². The maximum absolute atomic E-state index is 5.96. The highest BCUT2D eigenvalue weighted by Crippen LogP contribution is 2.27. The number of aromatic nitrogens is 3. The van der Waals surface area contributed by atoms with Crippen molar-refractivity contribution in [1.29, 1.82) is 0 Å². The first-order chi connectivity index (χ1) is 8.61. The van der Waals surface area contributed by atoms with Crippen LogP contribution in [0.15, 0.2) is 0 Å². The van der Waals surface area contributed by atoms with E-state index in [4.69, 9.17) is 11.6 Å². The molecule has 1 N–H and O–H groups in total. The third-order valence-electron chi connectivity index (χ3n) is 3.56. The average Bonchev–Trinajstić information content (AvgIpc) is 2.32. The van der Waals surface area contributed by atoms with Gasteiger partial charge in [-0.3, -0.25) is 0 Å². The first-order valence-electron chi connectivity index (χ1n) is 6.54. The molecule has 0 spiro atoms. The van der Waals surface area contributed by atoms with Crippen LogP contribution >= 0.6 is 11.6 Å². The summed E-state index contributed by atoms with van der Waals surface area (Å²) in [6.45, 7) is 8.24. The van der Waals surface area contributed by atoms with Crippen molar-refractivity contribution in [3.8, 4) is 0 Å². The lowest BCUT2D eigenvalue weighted by Crippen LogP contribution is -2.43. The van der Waals surface area contributed by atoms with E-state index < -0.39 is 0 Å².